The molecule has 0 aliphatic heterocycles. The lowest BCUT2D eigenvalue weighted by atomic mass is 9.96. The van der Waals surface area contributed by atoms with Gasteiger partial charge in [0.1, 0.15) is 18.2 Å². The van der Waals surface area contributed by atoms with E-state index in [1.807, 2.05) is 18.2 Å². The van der Waals surface area contributed by atoms with Crippen LogP contribution in [0.3, 0.4) is 0 Å². The Hall–Kier alpha value is -3.12. The monoisotopic (exact) mass is 313 g/mol. The van der Waals surface area contributed by atoms with Gasteiger partial charge in [0, 0.05) is 22.9 Å². The number of fused-ring (bicyclic) bond motifs is 3. The van der Waals surface area contributed by atoms with Crippen molar-refractivity contribution < 1.29 is 8.98 Å². The fourth-order valence-corrected chi connectivity index (χ4v) is 3.30. The predicted octanol–water partition coefficient (Wildman–Crippen LogP) is 4.57. The van der Waals surface area contributed by atoms with Crippen molar-refractivity contribution in [1.82, 2.24) is 0 Å². The molecular formula is C21H17N2O+. The van der Waals surface area contributed by atoms with Crippen molar-refractivity contribution in [1.29, 1.82) is 5.26 Å². The summed E-state index contributed by atoms with van der Waals surface area (Å²) in [5.74, 6) is 0. The second kappa shape index (κ2) is 5.21. The number of hydrogen-bond donors (Lipinski definition) is 0. The molecule has 0 aliphatic rings. The van der Waals surface area contributed by atoms with Crippen LogP contribution in [0, 0.1) is 25.2 Å². The van der Waals surface area contributed by atoms with Gasteiger partial charge in [0.15, 0.2) is 6.20 Å². The Morgan fingerprint density at radius 1 is 1.00 bits per heavy atom. The molecule has 0 fully saturated rings. The molecule has 0 saturated heterocycles. The third kappa shape index (κ3) is 2.00. The molecule has 4 aromatic rings. The van der Waals surface area contributed by atoms with E-state index in [2.05, 4.69) is 55.9 Å². The molecule has 0 N–H and O–H groups in total. The second-order valence-corrected chi connectivity index (χ2v) is 6.17. The number of nitrogens with zero attached hydrogens (tertiary/aromatic N) is 2. The molecule has 2 heterocycles. The molecule has 0 spiro atoms. The second-order valence-electron chi connectivity index (χ2n) is 6.17. The Kier molecular flexibility index (Phi) is 3.14. The zero-order valence-electron chi connectivity index (χ0n) is 13.9. The zero-order chi connectivity index (χ0) is 16.8. The molecule has 0 unspecified atom stereocenters. The molecule has 0 radical (unpaired) electrons. The maximum atomic E-state index is 9.19. The molecule has 2 aromatic carbocycles. The normalized spacial score (nSPS) is 11.1. The largest absolute Gasteiger partial charge is 0.456 e. The summed E-state index contributed by atoms with van der Waals surface area (Å²) in [5, 5.41) is 11.2. The molecule has 3 heteroatoms. The van der Waals surface area contributed by atoms with Crippen LogP contribution in [0.4, 0.5) is 0 Å². The Morgan fingerprint density at radius 3 is 2.58 bits per heavy atom. The number of hydrogen-bond acceptors (Lipinski definition) is 2. The highest BCUT2D eigenvalue weighted by Gasteiger charge is 2.19. The summed E-state index contributed by atoms with van der Waals surface area (Å²) in [7, 11) is 2.05. The predicted molar refractivity (Wildman–Crippen MR) is 94.5 cm³/mol. The van der Waals surface area contributed by atoms with Gasteiger partial charge in [-0.15, -0.1) is 0 Å². The fraction of sp³-hybridized carbons (Fsp3) is 0.143. The van der Waals surface area contributed by atoms with E-state index in [-0.39, 0.29) is 0 Å². The van der Waals surface area contributed by atoms with Crippen LogP contribution in [0.1, 0.15) is 16.7 Å². The first kappa shape index (κ1) is 14.5. The number of rotatable bonds is 1. The number of pyridine rings is 1. The standard InChI is InChI=1S/C21H17N2O/c1-13-14(2)21-18(11-16(13)19-6-4-5-9-23(19)3)17-10-15(12-22)7-8-20(17)24-21/h4-11H,1-3H3/q+1. The third-order valence-electron chi connectivity index (χ3n) is 4.78. The van der Waals surface area contributed by atoms with E-state index in [1.165, 1.54) is 11.1 Å². The first-order valence-electron chi connectivity index (χ1n) is 7.91. The summed E-state index contributed by atoms with van der Waals surface area (Å²) in [6.45, 7) is 4.22. The van der Waals surface area contributed by atoms with E-state index in [0.717, 1.165) is 33.2 Å². The first-order chi connectivity index (χ1) is 11.6. The van der Waals surface area contributed by atoms with Gasteiger partial charge in [0.05, 0.1) is 17.2 Å². The molecule has 0 amide bonds. The quantitative estimate of drug-likeness (QED) is 0.483. The Balaban J connectivity index is 2.13. The van der Waals surface area contributed by atoms with E-state index in [4.69, 9.17) is 4.42 Å². The highest BCUT2D eigenvalue weighted by atomic mass is 16.3. The van der Waals surface area contributed by atoms with Gasteiger partial charge >= 0.3 is 0 Å². The van der Waals surface area contributed by atoms with Crippen molar-refractivity contribution in [3.05, 3.63) is 65.4 Å². The molecule has 3 nitrogen and oxygen atoms in total. The fourth-order valence-electron chi connectivity index (χ4n) is 3.30. The Morgan fingerprint density at radius 2 is 1.83 bits per heavy atom. The molecule has 0 atom stereocenters. The number of aryl methyl sites for hydroxylation is 2. The molecule has 0 aliphatic carbocycles. The van der Waals surface area contributed by atoms with Crippen LogP contribution >= 0.6 is 0 Å². The highest BCUT2D eigenvalue weighted by molar-refractivity contribution is 6.08. The summed E-state index contributed by atoms with van der Waals surface area (Å²) in [6.07, 6.45) is 2.05. The SMILES string of the molecule is Cc1c(-c2cccc[n+]2C)cc2c(oc3ccc(C#N)cc32)c1C. The van der Waals surface area contributed by atoms with Gasteiger partial charge in [0.2, 0.25) is 5.69 Å². The van der Waals surface area contributed by atoms with Crippen LogP contribution in [0.25, 0.3) is 33.2 Å². The minimum Gasteiger partial charge on any atom is -0.456 e. The third-order valence-corrected chi connectivity index (χ3v) is 4.78. The van der Waals surface area contributed by atoms with Crippen molar-refractivity contribution in [3.63, 3.8) is 0 Å². The van der Waals surface area contributed by atoms with Gasteiger partial charge in [-0.25, -0.2) is 4.57 Å². The van der Waals surface area contributed by atoms with Crippen molar-refractivity contribution in [2.45, 2.75) is 13.8 Å². The molecule has 116 valence electrons. The topological polar surface area (TPSA) is 40.8 Å². The van der Waals surface area contributed by atoms with Gasteiger partial charge in [-0.1, -0.05) is 0 Å². The Bertz CT molecular complexity index is 1150. The molecule has 4 rings (SSSR count). The van der Waals surface area contributed by atoms with Crippen LogP contribution in [0.2, 0.25) is 0 Å². The van der Waals surface area contributed by atoms with E-state index in [9.17, 15) is 5.26 Å². The maximum absolute atomic E-state index is 9.19. The van der Waals surface area contributed by atoms with E-state index >= 15 is 0 Å². The summed E-state index contributed by atoms with van der Waals surface area (Å²) >= 11 is 0. The first-order valence-corrected chi connectivity index (χ1v) is 7.91. The summed E-state index contributed by atoms with van der Waals surface area (Å²) < 4.78 is 8.19. The van der Waals surface area contributed by atoms with Gasteiger partial charge in [-0.3, -0.25) is 0 Å². The van der Waals surface area contributed by atoms with Gasteiger partial charge in [0.25, 0.3) is 0 Å². The van der Waals surface area contributed by atoms with Gasteiger partial charge in [-0.05, 0) is 55.3 Å². The lowest BCUT2D eigenvalue weighted by Crippen LogP contribution is -2.30. The minimum absolute atomic E-state index is 0.648. The molecule has 24 heavy (non-hydrogen) atoms. The average molecular weight is 313 g/mol. The number of benzene rings is 2. The molecule has 0 saturated carbocycles. The summed E-state index contributed by atoms with van der Waals surface area (Å²) in [6, 6.07) is 16.2. The van der Waals surface area contributed by atoms with Crippen LogP contribution in [0.5, 0.6) is 0 Å². The molecular weight excluding hydrogens is 296 g/mol. The lowest BCUT2D eigenvalue weighted by Gasteiger charge is -2.08. The average Bonchev–Trinajstić information content (AvgIpc) is 2.96. The van der Waals surface area contributed by atoms with Gasteiger partial charge < -0.3 is 4.42 Å². The summed E-state index contributed by atoms with van der Waals surface area (Å²) in [4.78, 5) is 0. The van der Waals surface area contributed by atoms with Crippen molar-refractivity contribution in [2.24, 2.45) is 7.05 Å². The van der Waals surface area contributed by atoms with E-state index in [1.54, 1.807) is 6.07 Å². The van der Waals surface area contributed by atoms with Crippen LogP contribution in [0.15, 0.2) is 53.1 Å². The van der Waals surface area contributed by atoms with Crippen molar-refractivity contribution in [3.8, 4) is 17.3 Å². The zero-order valence-corrected chi connectivity index (χ0v) is 13.9. The number of furan rings is 1. The van der Waals surface area contributed by atoms with Crippen molar-refractivity contribution >= 4 is 21.9 Å². The van der Waals surface area contributed by atoms with Crippen molar-refractivity contribution in [2.75, 3.05) is 0 Å². The van der Waals surface area contributed by atoms with Crippen LogP contribution < -0.4 is 4.57 Å². The Labute approximate surface area is 140 Å². The molecule has 0 bridgehead atoms. The van der Waals surface area contributed by atoms with E-state index in [0.29, 0.717) is 5.56 Å². The molecule has 2 aromatic heterocycles. The summed E-state index contributed by atoms with van der Waals surface area (Å²) in [5.41, 5.74) is 7.07. The lowest BCUT2D eigenvalue weighted by molar-refractivity contribution is -0.660. The van der Waals surface area contributed by atoms with Crippen LogP contribution in [-0.4, -0.2) is 0 Å². The number of aromatic nitrogens is 1. The maximum Gasteiger partial charge on any atom is 0.212 e. The van der Waals surface area contributed by atoms with Gasteiger partial charge in [-0.2, -0.15) is 5.26 Å². The van der Waals surface area contributed by atoms with E-state index < -0.39 is 0 Å². The highest BCUT2D eigenvalue weighted by Crippen LogP contribution is 2.36. The van der Waals surface area contributed by atoms with Crippen LogP contribution in [-0.2, 0) is 7.05 Å². The number of nitriles is 1. The smallest absolute Gasteiger partial charge is 0.212 e. The minimum atomic E-state index is 0.648.